The van der Waals surface area contributed by atoms with E-state index in [1.165, 1.54) is 5.32 Å². The van der Waals surface area contributed by atoms with E-state index in [1.54, 1.807) is 5.32 Å². The van der Waals surface area contributed by atoms with E-state index in [9.17, 15) is 45.5 Å². The fourth-order valence-corrected chi connectivity index (χ4v) is 3.18. The summed E-state index contributed by atoms with van der Waals surface area (Å²) in [5, 5.41) is 3.14. The third-order valence-corrected chi connectivity index (χ3v) is 4.79. The smallest absolute Gasteiger partial charge is 0.326 e. The van der Waals surface area contributed by atoms with Gasteiger partial charge in [-0.25, -0.2) is 4.79 Å². The maximum Gasteiger partial charge on any atom is 0.425 e. The van der Waals surface area contributed by atoms with Gasteiger partial charge >= 0.3 is 18.0 Å². The number of fused-ring (bicyclic) bond motifs is 1. The zero-order valence-electron chi connectivity index (χ0n) is 15.6. The van der Waals surface area contributed by atoms with Crippen LogP contribution in [0.25, 0.3) is 0 Å². The highest BCUT2D eigenvalue weighted by molar-refractivity contribution is 6.09. The van der Waals surface area contributed by atoms with Gasteiger partial charge in [-0.1, -0.05) is 6.07 Å². The first kappa shape index (κ1) is 22.1. The fourth-order valence-electron chi connectivity index (χ4n) is 3.18. The summed E-state index contributed by atoms with van der Waals surface area (Å²) in [6, 6.07) is 2.50. The number of rotatable bonds is 2. The largest absolute Gasteiger partial charge is 0.425 e. The van der Waals surface area contributed by atoms with Gasteiger partial charge in [0.25, 0.3) is 22.9 Å². The lowest BCUT2D eigenvalue weighted by Gasteiger charge is -2.30. The molecule has 1 aromatic carbocycles. The molecule has 166 valence electrons. The molecule has 0 bridgehead atoms. The van der Waals surface area contributed by atoms with Crippen molar-refractivity contribution in [1.82, 2.24) is 14.5 Å². The number of carbonyl (C=O) groups excluding carboxylic acids is 2. The van der Waals surface area contributed by atoms with Crippen molar-refractivity contribution in [2.24, 2.45) is 14.1 Å². The number of carbonyl (C=O) groups is 2. The van der Waals surface area contributed by atoms with Gasteiger partial charge in [0.2, 0.25) is 0 Å². The summed E-state index contributed by atoms with van der Waals surface area (Å²) in [6.45, 7) is 0. The Morgan fingerprint density at radius 2 is 1.65 bits per heavy atom. The Bertz CT molecular complexity index is 1230. The minimum absolute atomic E-state index is 0.298. The molecule has 2 amide bonds. The van der Waals surface area contributed by atoms with Crippen LogP contribution in [0.5, 0.6) is 0 Å². The predicted octanol–water partition coefficient (Wildman–Crippen LogP) is 1.24. The van der Waals surface area contributed by atoms with Gasteiger partial charge in [-0.2, -0.15) is 26.3 Å². The van der Waals surface area contributed by atoms with Crippen molar-refractivity contribution in [3.63, 3.8) is 0 Å². The maximum absolute atomic E-state index is 14.1. The van der Waals surface area contributed by atoms with Crippen LogP contribution in [0.4, 0.5) is 32.2 Å². The first-order valence-electron chi connectivity index (χ1n) is 8.31. The molecule has 0 saturated heterocycles. The van der Waals surface area contributed by atoms with E-state index < -0.39 is 63.5 Å². The average molecular weight is 450 g/mol. The molecule has 0 aliphatic carbocycles. The molecule has 0 fully saturated rings. The Labute approximate surface area is 168 Å². The van der Waals surface area contributed by atoms with E-state index in [4.69, 9.17) is 0 Å². The van der Waals surface area contributed by atoms with Crippen LogP contribution >= 0.6 is 0 Å². The minimum Gasteiger partial charge on any atom is -0.326 e. The summed E-state index contributed by atoms with van der Waals surface area (Å²) in [6.07, 6.45) is -10.5. The zero-order chi connectivity index (χ0) is 23.5. The lowest BCUT2D eigenvalue weighted by Crippen LogP contribution is -2.62. The van der Waals surface area contributed by atoms with Gasteiger partial charge in [0.15, 0.2) is 0 Å². The van der Waals surface area contributed by atoms with Crippen LogP contribution in [0, 0.1) is 0 Å². The van der Waals surface area contributed by atoms with E-state index in [0.717, 1.165) is 26.2 Å². The van der Waals surface area contributed by atoms with Gasteiger partial charge in [-0.15, -0.1) is 0 Å². The van der Waals surface area contributed by atoms with E-state index in [-0.39, 0.29) is 0 Å². The van der Waals surface area contributed by atoms with Crippen molar-refractivity contribution in [3.05, 3.63) is 61.8 Å². The quantitative estimate of drug-likeness (QED) is 0.673. The SMILES string of the molecule is Cn1c2c(c(=O)n(C)c1=O)C(NC(=O)c1cccc(C(F)(F)F)c1)(C(F)(F)F)C(=O)N2. The first-order chi connectivity index (χ1) is 14.1. The summed E-state index contributed by atoms with van der Waals surface area (Å²) >= 11 is 0. The lowest BCUT2D eigenvalue weighted by atomic mass is 9.91. The van der Waals surface area contributed by atoms with E-state index in [1.807, 2.05) is 0 Å². The Kier molecular flexibility index (Phi) is 4.79. The standard InChI is InChI=1S/C17H12F6N4O4/c1-26-10-9(12(29)27(2)14(26)31)15(13(30)24-10,17(21,22)23)25-11(28)7-4-3-5-8(6-7)16(18,19)20/h3-6H,1-2H3,(H,24,30)(H,25,28). The van der Waals surface area contributed by atoms with Gasteiger partial charge in [0, 0.05) is 19.7 Å². The maximum atomic E-state index is 14.1. The molecule has 1 atom stereocenters. The Morgan fingerprint density at radius 3 is 2.19 bits per heavy atom. The van der Waals surface area contributed by atoms with E-state index >= 15 is 0 Å². The number of anilines is 1. The van der Waals surface area contributed by atoms with Crippen LogP contribution < -0.4 is 21.9 Å². The second-order valence-electron chi connectivity index (χ2n) is 6.66. The van der Waals surface area contributed by atoms with Crippen LogP contribution in [0.15, 0.2) is 33.9 Å². The second kappa shape index (κ2) is 6.72. The van der Waals surface area contributed by atoms with Crippen LogP contribution in [0.1, 0.15) is 21.5 Å². The highest BCUT2D eigenvalue weighted by Crippen LogP contribution is 2.45. The Balaban J connectivity index is 2.23. The molecule has 1 unspecified atom stereocenters. The molecule has 1 aliphatic rings. The van der Waals surface area contributed by atoms with Crippen LogP contribution in [0.2, 0.25) is 0 Å². The molecular weight excluding hydrogens is 438 g/mol. The molecule has 3 rings (SSSR count). The van der Waals surface area contributed by atoms with Gasteiger partial charge in [0.1, 0.15) is 11.4 Å². The Morgan fingerprint density at radius 1 is 1.03 bits per heavy atom. The van der Waals surface area contributed by atoms with Crippen LogP contribution in [-0.4, -0.2) is 27.1 Å². The summed E-state index contributed by atoms with van der Waals surface area (Å²) in [4.78, 5) is 49.4. The van der Waals surface area contributed by atoms with Gasteiger partial charge in [-0.05, 0) is 18.2 Å². The van der Waals surface area contributed by atoms with Gasteiger partial charge < -0.3 is 10.6 Å². The van der Waals surface area contributed by atoms with Crippen molar-refractivity contribution in [2.45, 2.75) is 17.9 Å². The molecule has 2 N–H and O–H groups in total. The average Bonchev–Trinajstić information content (AvgIpc) is 2.97. The van der Waals surface area contributed by atoms with Crippen molar-refractivity contribution < 1.29 is 35.9 Å². The first-order valence-corrected chi connectivity index (χ1v) is 8.31. The molecule has 31 heavy (non-hydrogen) atoms. The lowest BCUT2D eigenvalue weighted by molar-refractivity contribution is -0.196. The number of nitrogens with zero attached hydrogens (tertiary/aromatic N) is 2. The third-order valence-electron chi connectivity index (χ3n) is 4.79. The number of benzene rings is 1. The Hall–Kier alpha value is -3.58. The molecule has 1 aromatic heterocycles. The summed E-state index contributed by atoms with van der Waals surface area (Å²) in [7, 11) is 1.85. The number of nitrogens with one attached hydrogen (secondary N) is 2. The fraction of sp³-hybridized carbons (Fsp3) is 0.294. The third kappa shape index (κ3) is 3.18. The molecule has 0 radical (unpaired) electrons. The van der Waals surface area contributed by atoms with E-state index in [0.29, 0.717) is 21.3 Å². The van der Waals surface area contributed by atoms with Crippen molar-refractivity contribution in [2.75, 3.05) is 5.32 Å². The van der Waals surface area contributed by atoms with Gasteiger partial charge in [-0.3, -0.25) is 23.5 Å². The van der Waals surface area contributed by atoms with Crippen molar-refractivity contribution >= 4 is 17.6 Å². The number of hydrogen-bond acceptors (Lipinski definition) is 4. The second-order valence-corrected chi connectivity index (χ2v) is 6.66. The van der Waals surface area contributed by atoms with Crippen LogP contribution in [-0.2, 0) is 30.6 Å². The normalized spacial score (nSPS) is 18.5. The molecular formula is C17H12F6N4O4. The topological polar surface area (TPSA) is 102 Å². The highest BCUT2D eigenvalue weighted by Gasteiger charge is 2.68. The molecule has 1 aliphatic heterocycles. The predicted molar refractivity (Wildman–Crippen MR) is 92.2 cm³/mol. The van der Waals surface area contributed by atoms with E-state index in [2.05, 4.69) is 0 Å². The van der Waals surface area contributed by atoms with Crippen LogP contribution in [0.3, 0.4) is 0 Å². The number of alkyl halides is 6. The minimum atomic E-state index is -5.59. The molecule has 2 heterocycles. The number of hydrogen-bond donors (Lipinski definition) is 2. The van der Waals surface area contributed by atoms with Gasteiger partial charge in [0.05, 0.1) is 5.56 Å². The number of amides is 2. The summed E-state index contributed by atoms with van der Waals surface area (Å²) in [5.74, 6) is -4.38. The molecule has 2 aromatic rings. The molecule has 14 heteroatoms. The zero-order valence-corrected chi connectivity index (χ0v) is 15.6. The summed E-state index contributed by atoms with van der Waals surface area (Å²) in [5.41, 5.74) is -9.93. The highest BCUT2D eigenvalue weighted by atomic mass is 19.4. The van der Waals surface area contributed by atoms with Crippen molar-refractivity contribution in [1.29, 1.82) is 0 Å². The molecule has 0 saturated carbocycles. The monoisotopic (exact) mass is 450 g/mol. The molecule has 8 nitrogen and oxygen atoms in total. The number of halogens is 6. The summed E-state index contributed by atoms with van der Waals surface area (Å²) < 4.78 is 82.0. The molecule has 0 spiro atoms. The number of aromatic nitrogens is 2. The van der Waals surface area contributed by atoms with Crippen molar-refractivity contribution in [3.8, 4) is 0 Å².